The molecule has 0 radical (unpaired) electrons. The van der Waals surface area contributed by atoms with Gasteiger partial charge in [-0.25, -0.2) is 9.97 Å². The maximum absolute atomic E-state index is 11.8. The molecule has 1 aliphatic heterocycles. The Morgan fingerprint density at radius 2 is 2.05 bits per heavy atom. The van der Waals surface area contributed by atoms with E-state index in [1.807, 2.05) is 57.8 Å². The molecular formula is C13H12IN5O. The highest BCUT2D eigenvalue weighted by Crippen LogP contribution is 2.32. The van der Waals surface area contributed by atoms with Crippen LogP contribution in [0.3, 0.4) is 0 Å². The second-order valence-electron chi connectivity index (χ2n) is 4.47. The molecule has 0 aliphatic carbocycles. The molecule has 6 nitrogen and oxygen atoms in total. The van der Waals surface area contributed by atoms with Crippen LogP contribution in [0.25, 0.3) is 0 Å². The maximum atomic E-state index is 11.8. The molecule has 3 rings (SSSR count). The first-order valence-corrected chi connectivity index (χ1v) is 7.13. The van der Waals surface area contributed by atoms with Gasteiger partial charge in [0.1, 0.15) is 5.69 Å². The summed E-state index contributed by atoms with van der Waals surface area (Å²) in [5, 5.41) is 2.74. The van der Waals surface area contributed by atoms with Gasteiger partial charge in [0.2, 0.25) is 5.91 Å². The summed E-state index contributed by atoms with van der Waals surface area (Å²) in [6.45, 7) is 0.863. The van der Waals surface area contributed by atoms with E-state index < -0.39 is 0 Å². The van der Waals surface area contributed by atoms with Crippen molar-refractivity contribution >= 4 is 45.8 Å². The number of halogens is 1. The molecule has 7 heteroatoms. The summed E-state index contributed by atoms with van der Waals surface area (Å²) in [5.41, 5.74) is 7.47. The number of nitrogen functional groups attached to an aromatic ring is 1. The van der Waals surface area contributed by atoms with Crippen LogP contribution >= 0.6 is 22.6 Å². The number of fused-ring (bicyclic) bond motifs is 1. The number of aromatic nitrogens is 2. The molecule has 0 spiro atoms. The molecule has 1 aromatic heterocycles. The highest BCUT2D eigenvalue weighted by molar-refractivity contribution is 14.1. The van der Waals surface area contributed by atoms with Crippen LogP contribution in [0.2, 0.25) is 0 Å². The highest BCUT2D eigenvalue weighted by atomic mass is 127. The molecule has 0 bridgehead atoms. The number of nitrogens with two attached hydrogens (primary N) is 1. The van der Waals surface area contributed by atoms with Crippen LogP contribution < -0.4 is 16.0 Å². The third-order valence-electron chi connectivity index (χ3n) is 3.01. The van der Waals surface area contributed by atoms with Crippen molar-refractivity contribution in [3.8, 4) is 0 Å². The van der Waals surface area contributed by atoms with Crippen molar-refractivity contribution in [2.45, 2.75) is 6.54 Å². The molecule has 3 N–H and O–H groups in total. The van der Waals surface area contributed by atoms with Crippen LogP contribution in [0.1, 0.15) is 5.56 Å². The minimum absolute atomic E-state index is 0.107. The molecule has 20 heavy (non-hydrogen) atoms. The molecule has 0 fully saturated rings. The van der Waals surface area contributed by atoms with E-state index in [9.17, 15) is 4.79 Å². The molecule has 2 heterocycles. The van der Waals surface area contributed by atoms with Gasteiger partial charge in [-0.2, -0.15) is 0 Å². The third-order valence-corrected chi connectivity index (χ3v) is 3.49. The number of hydrogen-bond donors (Lipinski definition) is 2. The lowest BCUT2D eigenvalue weighted by Crippen LogP contribution is -2.39. The van der Waals surface area contributed by atoms with Gasteiger partial charge in [0.25, 0.3) is 0 Å². The number of anilines is 3. The highest BCUT2D eigenvalue weighted by Gasteiger charge is 2.26. The molecule has 0 unspecified atom stereocenters. The zero-order chi connectivity index (χ0) is 14.1. The molecule has 2 aromatic rings. The Kier molecular flexibility index (Phi) is 3.43. The minimum Gasteiger partial charge on any atom is -0.382 e. The average molecular weight is 381 g/mol. The van der Waals surface area contributed by atoms with Gasteiger partial charge in [-0.1, -0.05) is 30.3 Å². The molecule has 1 aliphatic rings. The number of hydrogen-bond acceptors (Lipinski definition) is 5. The standard InChI is InChI=1S/C13H12IN5O/c14-13-17-11(15)10-12(18-13)19(7-9(20)16-10)6-8-4-2-1-3-5-8/h1-5H,6-7H2,(H,16,20)(H2,15,17,18). The predicted molar refractivity (Wildman–Crippen MR) is 85.3 cm³/mol. The first-order chi connectivity index (χ1) is 9.63. The fraction of sp³-hybridized carbons (Fsp3) is 0.154. The first kappa shape index (κ1) is 13.1. The van der Waals surface area contributed by atoms with Crippen molar-refractivity contribution in [3.05, 3.63) is 39.7 Å². The summed E-state index contributed by atoms with van der Waals surface area (Å²) in [5.74, 6) is 0.862. The molecule has 1 amide bonds. The zero-order valence-electron chi connectivity index (χ0n) is 10.5. The monoisotopic (exact) mass is 381 g/mol. The van der Waals surface area contributed by atoms with Crippen molar-refractivity contribution in [2.24, 2.45) is 0 Å². The summed E-state index contributed by atoms with van der Waals surface area (Å²) < 4.78 is 0.563. The van der Waals surface area contributed by atoms with Gasteiger partial charge < -0.3 is 16.0 Å². The summed E-state index contributed by atoms with van der Waals surface area (Å²) in [4.78, 5) is 22.2. The van der Waals surface area contributed by atoms with E-state index >= 15 is 0 Å². The van der Waals surface area contributed by atoms with E-state index in [-0.39, 0.29) is 12.5 Å². The molecule has 0 saturated heterocycles. The Morgan fingerprint density at radius 1 is 1.30 bits per heavy atom. The van der Waals surface area contributed by atoms with Gasteiger partial charge in [-0.3, -0.25) is 4.79 Å². The zero-order valence-corrected chi connectivity index (χ0v) is 12.7. The molecule has 0 atom stereocenters. The van der Waals surface area contributed by atoms with Crippen LogP contribution in [-0.2, 0) is 11.3 Å². The van der Waals surface area contributed by atoms with E-state index in [4.69, 9.17) is 5.73 Å². The van der Waals surface area contributed by atoms with Gasteiger partial charge >= 0.3 is 0 Å². The van der Waals surface area contributed by atoms with Gasteiger partial charge in [0, 0.05) is 29.1 Å². The quantitative estimate of drug-likeness (QED) is 0.610. The normalized spacial score (nSPS) is 13.8. The Balaban J connectivity index is 1.99. The SMILES string of the molecule is Nc1nc(I)nc2c1NC(=O)CN2Cc1ccccc1. The first-order valence-electron chi connectivity index (χ1n) is 6.05. The second-order valence-corrected chi connectivity index (χ2v) is 5.43. The van der Waals surface area contributed by atoms with Crippen LogP contribution in [0.4, 0.5) is 17.3 Å². The Morgan fingerprint density at radius 3 is 2.80 bits per heavy atom. The second kappa shape index (κ2) is 5.23. The predicted octanol–water partition coefficient (Wildman–Crippen LogP) is 1.62. The van der Waals surface area contributed by atoms with Crippen molar-refractivity contribution in [3.63, 3.8) is 0 Å². The third kappa shape index (κ3) is 2.53. The topological polar surface area (TPSA) is 84.1 Å². The van der Waals surface area contributed by atoms with E-state index in [1.165, 1.54) is 0 Å². The number of nitrogens with zero attached hydrogens (tertiary/aromatic N) is 3. The average Bonchev–Trinajstić information content (AvgIpc) is 2.41. The number of rotatable bonds is 2. The van der Waals surface area contributed by atoms with Gasteiger partial charge in [-0.15, -0.1) is 0 Å². The Labute approximate surface area is 129 Å². The van der Waals surface area contributed by atoms with Crippen molar-refractivity contribution in [1.29, 1.82) is 0 Å². The smallest absolute Gasteiger partial charge is 0.244 e. The number of nitrogens with one attached hydrogen (secondary N) is 1. The largest absolute Gasteiger partial charge is 0.382 e. The minimum atomic E-state index is -0.107. The van der Waals surface area contributed by atoms with Gasteiger partial charge in [0.05, 0.1) is 6.54 Å². The summed E-state index contributed by atoms with van der Waals surface area (Å²) in [6, 6.07) is 9.93. The van der Waals surface area contributed by atoms with E-state index in [1.54, 1.807) is 0 Å². The number of carbonyl (C=O) groups is 1. The molecular weight excluding hydrogens is 369 g/mol. The van der Waals surface area contributed by atoms with Crippen molar-refractivity contribution in [1.82, 2.24) is 9.97 Å². The van der Waals surface area contributed by atoms with E-state index in [0.29, 0.717) is 27.7 Å². The van der Waals surface area contributed by atoms with Gasteiger partial charge in [-0.05, 0) is 5.56 Å². The molecule has 102 valence electrons. The van der Waals surface area contributed by atoms with Crippen molar-refractivity contribution < 1.29 is 4.79 Å². The fourth-order valence-corrected chi connectivity index (χ4v) is 2.64. The van der Waals surface area contributed by atoms with Crippen LogP contribution in [0, 0.1) is 3.83 Å². The molecule has 1 aromatic carbocycles. The maximum Gasteiger partial charge on any atom is 0.244 e. The van der Waals surface area contributed by atoms with Crippen LogP contribution in [0.5, 0.6) is 0 Å². The Bertz CT molecular complexity index is 661. The molecule has 0 saturated carbocycles. The number of amides is 1. The van der Waals surface area contributed by atoms with E-state index in [0.717, 1.165) is 5.56 Å². The lowest BCUT2D eigenvalue weighted by atomic mass is 10.2. The van der Waals surface area contributed by atoms with Crippen molar-refractivity contribution in [2.75, 3.05) is 22.5 Å². The van der Waals surface area contributed by atoms with Gasteiger partial charge in [0.15, 0.2) is 15.5 Å². The lowest BCUT2D eigenvalue weighted by Gasteiger charge is -2.30. The van der Waals surface area contributed by atoms with Crippen LogP contribution in [-0.4, -0.2) is 22.4 Å². The lowest BCUT2D eigenvalue weighted by molar-refractivity contribution is -0.115. The number of benzene rings is 1. The number of carbonyl (C=O) groups excluding carboxylic acids is 1. The van der Waals surface area contributed by atoms with E-state index in [2.05, 4.69) is 15.3 Å². The summed E-state index contributed by atoms with van der Waals surface area (Å²) in [6.07, 6.45) is 0. The van der Waals surface area contributed by atoms with Crippen LogP contribution in [0.15, 0.2) is 30.3 Å². The fourth-order valence-electron chi connectivity index (χ4n) is 2.15. The summed E-state index contributed by atoms with van der Waals surface area (Å²) >= 11 is 2.02. The summed E-state index contributed by atoms with van der Waals surface area (Å²) in [7, 11) is 0. The Hall–Kier alpha value is -1.90.